The van der Waals surface area contributed by atoms with E-state index < -0.39 is 0 Å². The highest BCUT2D eigenvalue weighted by molar-refractivity contribution is 6.13. The summed E-state index contributed by atoms with van der Waals surface area (Å²) < 4.78 is 0. The number of rotatable bonds is 0. The minimum Gasteiger partial charge on any atom is -0.289 e. The van der Waals surface area contributed by atoms with E-state index in [1.54, 1.807) is 0 Å². The first-order valence-electron chi connectivity index (χ1n) is 4.45. The third-order valence-electron chi connectivity index (χ3n) is 2.73. The average molecular weight is 172 g/mol. The Balaban J connectivity index is 2.67. The first kappa shape index (κ1) is 8.24. The molecule has 1 aliphatic carbocycles. The van der Waals surface area contributed by atoms with Gasteiger partial charge in [-0.05, 0) is 12.5 Å². The second-order valence-electron chi connectivity index (χ2n) is 3.67. The summed E-state index contributed by atoms with van der Waals surface area (Å²) >= 11 is 0. The second-order valence-corrected chi connectivity index (χ2v) is 3.67. The van der Waals surface area contributed by atoms with Crippen molar-refractivity contribution >= 4 is 5.78 Å². The van der Waals surface area contributed by atoms with Gasteiger partial charge >= 0.3 is 0 Å². The largest absolute Gasteiger partial charge is 0.289 e. The molecule has 1 unspecified atom stereocenters. The zero-order valence-corrected chi connectivity index (χ0v) is 7.92. The number of hydrogen-bond donors (Lipinski definition) is 0. The van der Waals surface area contributed by atoms with Gasteiger partial charge in [-0.1, -0.05) is 37.3 Å². The van der Waals surface area contributed by atoms with Crippen LogP contribution in [-0.2, 0) is 0 Å². The molecule has 0 aromatic heterocycles. The summed E-state index contributed by atoms with van der Waals surface area (Å²) in [6, 6.07) is 5.96. The lowest BCUT2D eigenvalue weighted by molar-refractivity contribution is 0.103. The van der Waals surface area contributed by atoms with Crippen LogP contribution in [0.4, 0.5) is 0 Å². The lowest BCUT2D eigenvalue weighted by atomic mass is 10.00. The van der Waals surface area contributed by atoms with Crippen molar-refractivity contribution in [2.24, 2.45) is 0 Å². The molecule has 1 atom stereocenters. The van der Waals surface area contributed by atoms with Gasteiger partial charge in [-0.3, -0.25) is 4.79 Å². The normalized spacial score (nSPS) is 20.6. The van der Waals surface area contributed by atoms with Crippen molar-refractivity contribution in [3.8, 4) is 0 Å². The molecule has 0 saturated heterocycles. The van der Waals surface area contributed by atoms with E-state index >= 15 is 0 Å². The molecule has 0 bridgehead atoms. The molecule has 0 fully saturated rings. The van der Waals surface area contributed by atoms with Gasteiger partial charge in [0.2, 0.25) is 0 Å². The number of fused-ring (bicyclic) bond motifs is 1. The van der Waals surface area contributed by atoms with Crippen LogP contribution in [0.5, 0.6) is 0 Å². The number of ketones is 1. The van der Waals surface area contributed by atoms with Gasteiger partial charge in [0.25, 0.3) is 0 Å². The van der Waals surface area contributed by atoms with Crippen LogP contribution in [0, 0.1) is 6.92 Å². The Labute approximate surface area is 78.1 Å². The van der Waals surface area contributed by atoms with Gasteiger partial charge in [-0.15, -0.1) is 0 Å². The van der Waals surface area contributed by atoms with E-state index in [0.29, 0.717) is 0 Å². The number of benzene rings is 1. The van der Waals surface area contributed by atoms with Crippen LogP contribution in [0.1, 0.15) is 34.3 Å². The second kappa shape index (κ2) is 2.56. The molecule has 1 heteroatoms. The van der Waals surface area contributed by atoms with Crippen LogP contribution in [0.2, 0.25) is 0 Å². The molecule has 13 heavy (non-hydrogen) atoms. The van der Waals surface area contributed by atoms with Gasteiger partial charge in [-0.2, -0.15) is 0 Å². The van der Waals surface area contributed by atoms with E-state index in [1.807, 2.05) is 26.0 Å². The molecule has 1 nitrogen and oxygen atoms in total. The number of aryl methyl sites for hydroxylation is 1. The number of allylic oxidation sites excluding steroid dienone is 1. The maximum Gasteiger partial charge on any atom is 0.189 e. The first-order valence-corrected chi connectivity index (χ1v) is 4.45. The molecule has 2 rings (SSSR count). The fourth-order valence-corrected chi connectivity index (χ4v) is 1.80. The van der Waals surface area contributed by atoms with Gasteiger partial charge in [0.1, 0.15) is 0 Å². The van der Waals surface area contributed by atoms with Gasteiger partial charge < -0.3 is 0 Å². The summed E-state index contributed by atoms with van der Waals surface area (Å²) in [5.74, 6) is 0.310. The van der Waals surface area contributed by atoms with E-state index in [0.717, 1.165) is 16.7 Å². The number of hydrogen-bond acceptors (Lipinski definition) is 1. The van der Waals surface area contributed by atoms with E-state index in [9.17, 15) is 4.79 Å². The van der Waals surface area contributed by atoms with Gasteiger partial charge in [0.15, 0.2) is 5.78 Å². The highest BCUT2D eigenvalue weighted by Crippen LogP contribution is 2.36. The minimum atomic E-state index is 0.113. The Bertz CT molecular complexity index is 402. The minimum absolute atomic E-state index is 0.113. The van der Waals surface area contributed by atoms with Crippen molar-refractivity contribution in [3.05, 3.63) is 47.0 Å². The summed E-state index contributed by atoms with van der Waals surface area (Å²) in [5, 5.41) is 0. The van der Waals surface area contributed by atoms with E-state index in [-0.39, 0.29) is 11.7 Å². The molecule has 66 valence electrons. The molecule has 0 amide bonds. The smallest absolute Gasteiger partial charge is 0.189 e. The summed E-state index contributed by atoms with van der Waals surface area (Å²) in [6.45, 7) is 7.88. The third kappa shape index (κ3) is 1.04. The summed E-state index contributed by atoms with van der Waals surface area (Å²) in [4.78, 5) is 11.6. The van der Waals surface area contributed by atoms with Crippen molar-refractivity contribution in [1.82, 2.24) is 0 Å². The van der Waals surface area contributed by atoms with Crippen LogP contribution in [0.15, 0.2) is 30.4 Å². The molecule has 0 saturated carbocycles. The Morgan fingerprint density at radius 3 is 2.77 bits per heavy atom. The molecular formula is C12H12O. The molecule has 0 aliphatic heterocycles. The van der Waals surface area contributed by atoms with Crippen molar-refractivity contribution < 1.29 is 4.79 Å². The van der Waals surface area contributed by atoms with Crippen molar-refractivity contribution in [3.63, 3.8) is 0 Å². The first-order chi connectivity index (χ1) is 6.11. The summed E-state index contributed by atoms with van der Waals surface area (Å²) in [6.07, 6.45) is 0. The van der Waals surface area contributed by atoms with E-state index in [2.05, 4.69) is 12.6 Å². The Hall–Kier alpha value is -1.37. The third-order valence-corrected chi connectivity index (χ3v) is 2.73. The van der Waals surface area contributed by atoms with Crippen LogP contribution in [0.25, 0.3) is 0 Å². The lowest BCUT2D eigenvalue weighted by Gasteiger charge is -2.03. The zero-order valence-electron chi connectivity index (χ0n) is 7.92. The maximum absolute atomic E-state index is 11.6. The fourth-order valence-electron chi connectivity index (χ4n) is 1.80. The Morgan fingerprint density at radius 2 is 2.08 bits per heavy atom. The van der Waals surface area contributed by atoms with Gasteiger partial charge in [0, 0.05) is 17.1 Å². The number of Topliss-reactive ketones (excluding diaryl/α,β-unsaturated/α-hetero) is 1. The number of carbonyl (C=O) groups excluding carboxylic acids is 1. The van der Waals surface area contributed by atoms with Crippen molar-refractivity contribution in [1.29, 1.82) is 0 Å². The standard InChI is InChI=1S/C12H12O/c1-7-4-5-10-11(6-7)8(2)9(3)12(10)13/h4-6,8H,3H2,1-2H3. The molecule has 1 aromatic carbocycles. The van der Waals surface area contributed by atoms with Gasteiger partial charge in [0.05, 0.1) is 0 Å². The zero-order chi connectivity index (χ0) is 9.59. The van der Waals surface area contributed by atoms with Crippen molar-refractivity contribution in [2.75, 3.05) is 0 Å². The fraction of sp³-hybridized carbons (Fsp3) is 0.250. The van der Waals surface area contributed by atoms with Crippen LogP contribution < -0.4 is 0 Å². The molecule has 0 N–H and O–H groups in total. The topological polar surface area (TPSA) is 17.1 Å². The van der Waals surface area contributed by atoms with E-state index in [4.69, 9.17) is 0 Å². The predicted octanol–water partition coefficient (Wildman–Crippen LogP) is 2.85. The highest BCUT2D eigenvalue weighted by atomic mass is 16.1. The quantitative estimate of drug-likeness (QED) is 0.550. The molecule has 1 aliphatic rings. The van der Waals surface area contributed by atoms with Crippen LogP contribution >= 0.6 is 0 Å². The highest BCUT2D eigenvalue weighted by Gasteiger charge is 2.29. The Morgan fingerprint density at radius 1 is 1.38 bits per heavy atom. The van der Waals surface area contributed by atoms with Crippen LogP contribution in [-0.4, -0.2) is 5.78 Å². The van der Waals surface area contributed by atoms with Gasteiger partial charge in [-0.25, -0.2) is 0 Å². The summed E-state index contributed by atoms with van der Waals surface area (Å²) in [7, 11) is 0. The maximum atomic E-state index is 11.6. The predicted molar refractivity (Wildman–Crippen MR) is 53.1 cm³/mol. The lowest BCUT2D eigenvalue weighted by Crippen LogP contribution is -1.94. The average Bonchev–Trinajstić information content (AvgIpc) is 2.32. The van der Waals surface area contributed by atoms with E-state index in [1.165, 1.54) is 5.56 Å². The van der Waals surface area contributed by atoms with Crippen LogP contribution in [0.3, 0.4) is 0 Å². The Kier molecular flexibility index (Phi) is 1.62. The molecule has 1 aromatic rings. The molecule has 0 spiro atoms. The van der Waals surface area contributed by atoms with Crippen molar-refractivity contribution in [2.45, 2.75) is 19.8 Å². The SMILES string of the molecule is C=C1C(=O)c2ccc(C)cc2C1C. The summed E-state index contributed by atoms with van der Waals surface area (Å²) in [5.41, 5.74) is 3.90. The molecule has 0 radical (unpaired) electrons. The molecular weight excluding hydrogens is 160 g/mol. The number of carbonyl (C=O) groups is 1. The monoisotopic (exact) mass is 172 g/mol. The molecule has 0 heterocycles.